The van der Waals surface area contributed by atoms with E-state index in [0.29, 0.717) is 46.4 Å². The van der Waals surface area contributed by atoms with Crippen molar-refractivity contribution < 1.29 is 28.7 Å². The molecule has 9 nitrogen and oxygen atoms in total. The highest BCUT2D eigenvalue weighted by atomic mass is 32.1. The third-order valence-corrected chi connectivity index (χ3v) is 11.4. The van der Waals surface area contributed by atoms with Crippen LogP contribution >= 0.6 is 11.3 Å². The van der Waals surface area contributed by atoms with Gasteiger partial charge in [0.05, 0.1) is 24.8 Å². The van der Waals surface area contributed by atoms with Gasteiger partial charge in [0.15, 0.2) is 0 Å². The molecule has 0 radical (unpaired) electrons. The Morgan fingerprint density at radius 3 is 2.22 bits per heavy atom. The number of carbonyl (C=O) groups is 4. The van der Waals surface area contributed by atoms with E-state index in [2.05, 4.69) is 21.6 Å². The first-order valence-corrected chi connectivity index (χ1v) is 20.1. The number of carbonyl (C=O) groups excluding carboxylic acids is 4. The minimum absolute atomic E-state index is 0.122. The van der Waals surface area contributed by atoms with Crippen LogP contribution in [0.15, 0.2) is 72.8 Å². The Bertz CT molecular complexity index is 1920. The van der Waals surface area contributed by atoms with Gasteiger partial charge in [-0.25, -0.2) is 4.79 Å². The molecule has 54 heavy (non-hydrogen) atoms. The fourth-order valence-electron chi connectivity index (χ4n) is 7.10. The SMILES string of the molecule is CCOC(=O)CCCCCN(Cc1cccc(C(=O)Nc2sc3c(c2C(=O)Nc2ccc(CCc4ccc(C(=O)OC)cc4)cc2)CCCC3)c1)C1CC1. The molecule has 0 atom stereocenters. The molecule has 2 aliphatic rings. The van der Waals surface area contributed by atoms with E-state index in [9.17, 15) is 19.2 Å². The molecule has 0 unspecified atom stereocenters. The van der Waals surface area contributed by atoms with Gasteiger partial charge in [0.1, 0.15) is 5.00 Å². The summed E-state index contributed by atoms with van der Waals surface area (Å²) in [6.07, 6.45) is 11.1. The van der Waals surface area contributed by atoms with E-state index in [4.69, 9.17) is 9.47 Å². The lowest BCUT2D eigenvalue weighted by atomic mass is 9.95. The van der Waals surface area contributed by atoms with Crippen molar-refractivity contribution >= 4 is 45.8 Å². The second-order valence-corrected chi connectivity index (χ2v) is 15.3. The van der Waals surface area contributed by atoms with Crippen LogP contribution in [0, 0.1) is 0 Å². The summed E-state index contributed by atoms with van der Waals surface area (Å²) < 4.78 is 9.83. The van der Waals surface area contributed by atoms with Gasteiger partial charge in [-0.1, -0.05) is 42.8 Å². The molecule has 2 amide bonds. The van der Waals surface area contributed by atoms with Crippen LogP contribution in [-0.2, 0) is 46.5 Å². The summed E-state index contributed by atoms with van der Waals surface area (Å²) in [6, 6.07) is 23.7. The van der Waals surface area contributed by atoms with Gasteiger partial charge in [-0.05, 0) is 136 Å². The number of nitrogens with zero attached hydrogens (tertiary/aromatic N) is 1. The number of fused-ring (bicyclic) bond motifs is 1. The van der Waals surface area contributed by atoms with Crippen molar-refractivity contribution in [2.45, 2.75) is 96.6 Å². The second-order valence-electron chi connectivity index (χ2n) is 14.2. The minimum Gasteiger partial charge on any atom is -0.466 e. The topological polar surface area (TPSA) is 114 Å². The zero-order valence-electron chi connectivity index (χ0n) is 31.4. The van der Waals surface area contributed by atoms with E-state index in [1.165, 1.54) is 36.2 Å². The zero-order valence-corrected chi connectivity index (χ0v) is 32.2. The summed E-state index contributed by atoms with van der Waals surface area (Å²) in [5.41, 5.74) is 6.77. The van der Waals surface area contributed by atoms with Crippen LogP contribution in [0.4, 0.5) is 10.7 Å². The average molecular weight is 750 g/mol. The molecule has 0 bridgehead atoms. The molecule has 0 saturated heterocycles. The minimum atomic E-state index is -0.346. The number of anilines is 2. The van der Waals surface area contributed by atoms with Crippen molar-refractivity contribution in [3.05, 3.63) is 117 Å². The number of rotatable bonds is 18. The van der Waals surface area contributed by atoms with Gasteiger partial charge in [0.25, 0.3) is 11.8 Å². The molecule has 1 heterocycles. The van der Waals surface area contributed by atoms with E-state index in [1.807, 2.05) is 61.5 Å². The summed E-state index contributed by atoms with van der Waals surface area (Å²) in [5.74, 6) is -0.894. The van der Waals surface area contributed by atoms with Crippen molar-refractivity contribution in [3.8, 4) is 0 Å². The predicted octanol–water partition coefficient (Wildman–Crippen LogP) is 8.79. The molecule has 2 N–H and O–H groups in total. The van der Waals surface area contributed by atoms with Crippen molar-refractivity contribution in [2.75, 3.05) is 30.9 Å². The van der Waals surface area contributed by atoms with Crippen LogP contribution in [-0.4, -0.2) is 55.0 Å². The normalized spacial score (nSPS) is 13.6. The van der Waals surface area contributed by atoms with E-state index in [1.54, 1.807) is 12.1 Å². The van der Waals surface area contributed by atoms with E-state index in [-0.39, 0.29) is 23.8 Å². The fraction of sp³-hybridized carbons (Fsp3) is 0.409. The van der Waals surface area contributed by atoms with Gasteiger partial charge in [0.2, 0.25) is 0 Å². The lowest BCUT2D eigenvalue weighted by molar-refractivity contribution is -0.143. The quantitative estimate of drug-likeness (QED) is 0.0772. The summed E-state index contributed by atoms with van der Waals surface area (Å²) in [4.78, 5) is 54.7. The van der Waals surface area contributed by atoms with Crippen LogP contribution in [0.2, 0.25) is 0 Å². The predicted molar refractivity (Wildman–Crippen MR) is 213 cm³/mol. The summed E-state index contributed by atoms with van der Waals surface area (Å²) in [5, 5.41) is 6.83. The molecule has 1 aromatic heterocycles. The smallest absolute Gasteiger partial charge is 0.337 e. The first-order valence-electron chi connectivity index (χ1n) is 19.3. The lowest BCUT2D eigenvalue weighted by Crippen LogP contribution is -2.27. The Hall–Kier alpha value is -4.80. The molecule has 4 aromatic rings. The van der Waals surface area contributed by atoms with Gasteiger partial charge >= 0.3 is 11.9 Å². The summed E-state index contributed by atoms with van der Waals surface area (Å²) in [7, 11) is 1.38. The number of hydrogen-bond acceptors (Lipinski definition) is 8. The number of unbranched alkanes of at least 4 members (excludes halogenated alkanes) is 2. The number of nitrogens with one attached hydrogen (secondary N) is 2. The first kappa shape index (κ1) is 38.9. The number of amides is 2. The van der Waals surface area contributed by atoms with Crippen LogP contribution in [0.5, 0.6) is 0 Å². The molecule has 1 fully saturated rings. The van der Waals surface area contributed by atoms with E-state index < -0.39 is 0 Å². The third kappa shape index (κ3) is 10.7. The Labute approximate surface area is 322 Å². The van der Waals surface area contributed by atoms with Crippen molar-refractivity contribution in [2.24, 2.45) is 0 Å². The second kappa shape index (κ2) is 19.0. The Morgan fingerprint density at radius 1 is 0.796 bits per heavy atom. The van der Waals surface area contributed by atoms with E-state index >= 15 is 0 Å². The molecule has 2 aliphatic carbocycles. The number of hydrogen-bond donors (Lipinski definition) is 2. The third-order valence-electron chi connectivity index (χ3n) is 10.2. The van der Waals surface area contributed by atoms with Crippen molar-refractivity contribution in [1.82, 2.24) is 4.90 Å². The molecular formula is C44H51N3O6S. The Kier molecular flexibility index (Phi) is 13.7. The molecule has 1 saturated carbocycles. The van der Waals surface area contributed by atoms with Gasteiger partial charge in [-0.3, -0.25) is 19.3 Å². The lowest BCUT2D eigenvalue weighted by Gasteiger charge is -2.22. The van der Waals surface area contributed by atoms with Gasteiger partial charge in [-0.2, -0.15) is 0 Å². The summed E-state index contributed by atoms with van der Waals surface area (Å²) in [6.45, 7) is 3.99. The van der Waals surface area contributed by atoms with Crippen LogP contribution < -0.4 is 10.6 Å². The molecule has 0 aliphatic heterocycles. The summed E-state index contributed by atoms with van der Waals surface area (Å²) >= 11 is 1.52. The van der Waals surface area contributed by atoms with Gasteiger partial charge < -0.3 is 20.1 Å². The molecule has 6 rings (SSSR count). The van der Waals surface area contributed by atoms with Crippen LogP contribution in [0.3, 0.4) is 0 Å². The highest BCUT2D eigenvalue weighted by Gasteiger charge is 2.29. The number of benzene rings is 3. The average Bonchev–Trinajstić information content (AvgIpc) is 3.97. The van der Waals surface area contributed by atoms with Gasteiger partial charge in [0, 0.05) is 35.1 Å². The fourth-order valence-corrected chi connectivity index (χ4v) is 8.38. The molecule has 10 heteroatoms. The van der Waals surface area contributed by atoms with Crippen molar-refractivity contribution in [3.63, 3.8) is 0 Å². The standard InChI is InChI=1S/C44H51N3O6S/c1-3-53-39(48)14-5-4-8-27-47(36-25-26-36)29-32-10-9-11-34(28-32)41(49)46-43-40(37-12-6-7-13-38(37)54-43)42(50)45-35-23-19-31(20-24-35)16-15-30-17-21-33(22-18-30)44(51)52-2/h9-11,17-24,28,36H,3-8,12-16,25-27,29H2,1-2H3,(H,45,50)(H,46,49). The maximum Gasteiger partial charge on any atom is 0.337 e. The highest BCUT2D eigenvalue weighted by Crippen LogP contribution is 2.39. The maximum absolute atomic E-state index is 13.9. The monoisotopic (exact) mass is 749 g/mol. The molecule has 0 spiro atoms. The van der Waals surface area contributed by atoms with Crippen LogP contribution in [0.25, 0.3) is 0 Å². The Morgan fingerprint density at radius 2 is 1.52 bits per heavy atom. The molecule has 284 valence electrons. The zero-order chi connectivity index (χ0) is 37.9. The van der Waals surface area contributed by atoms with Crippen LogP contribution in [0.1, 0.15) is 116 Å². The molecule has 3 aromatic carbocycles. The first-order chi connectivity index (χ1) is 26.3. The van der Waals surface area contributed by atoms with E-state index in [0.717, 1.165) is 93.1 Å². The Balaban J connectivity index is 1.06. The largest absolute Gasteiger partial charge is 0.466 e. The number of methoxy groups -OCH3 is 1. The van der Waals surface area contributed by atoms with Gasteiger partial charge in [-0.15, -0.1) is 11.3 Å². The number of esters is 2. The van der Waals surface area contributed by atoms with Crippen molar-refractivity contribution in [1.29, 1.82) is 0 Å². The highest BCUT2D eigenvalue weighted by molar-refractivity contribution is 7.17. The molecular weight excluding hydrogens is 699 g/mol. The number of thiophene rings is 1. The number of ether oxygens (including phenoxy) is 2. The number of aryl methyl sites for hydroxylation is 3. The maximum atomic E-state index is 13.9.